The van der Waals surface area contributed by atoms with Crippen LogP contribution in [0.15, 0.2) is 6.20 Å². The van der Waals surface area contributed by atoms with Gasteiger partial charge < -0.3 is 10.1 Å². The average molecular weight is 293 g/mol. The molecule has 0 spiro atoms. The first kappa shape index (κ1) is 14.3. The Balaban J connectivity index is 2.36. The first-order valence-electron chi connectivity index (χ1n) is 6.27. The van der Waals surface area contributed by atoms with E-state index in [1.54, 1.807) is 10.6 Å². The van der Waals surface area contributed by atoms with Gasteiger partial charge in [-0.1, -0.05) is 18.3 Å². The minimum atomic E-state index is -0.427. The van der Waals surface area contributed by atoms with Gasteiger partial charge in [0.15, 0.2) is 0 Å². The zero-order valence-corrected chi connectivity index (χ0v) is 12.3. The Morgan fingerprint density at radius 2 is 2.25 bits per heavy atom. The second-order valence-electron chi connectivity index (χ2n) is 4.16. The fourth-order valence-corrected chi connectivity index (χ4v) is 2.53. The molecule has 0 aliphatic carbocycles. The Morgan fingerprint density at radius 1 is 1.50 bits per heavy atom. The van der Waals surface area contributed by atoms with E-state index < -0.39 is 4.92 Å². The van der Waals surface area contributed by atoms with Crippen LogP contribution in [0.3, 0.4) is 0 Å². The summed E-state index contributed by atoms with van der Waals surface area (Å²) in [6, 6.07) is 0. The highest BCUT2D eigenvalue weighted by atomic mass is 32.1. The SMILES string of the molecule is CCc1nnc(C(C)=Cc2ncc([N+](=O)[O-])n2CC)s1. The number of aromatic nitrogens is 4. The van der Waals surface area contributed by atoms with Gasteiger partial charge in [0, 0.05) is 6.08 Å². The second kappa shape index (κ2) is 5.91. The molecule has 8 heteroatoms. The number of hydrogen-bond acceptors (Lipinski definition) is 6. The molecule has 0 amide bonds. The van der Waals surface area contributed by atoms with Gasteiger partial charge in [-0.15, -0.1) is 10.2 Å². The molecule has 7 nitrogen and oxygen atoms in total. The van der Waals surface area contributed by atoms with Gasteiger partial charge >= 0.3 is 5.82 Å². The maximum Gasteiger partial charge on any atom is 0.343 e. The van der Waals surface area contributed by atoms with Crippen molar-refractivity contribution in [2.45, 2.75) is 33.7 Å². The maximum atomic E-state index is 10.9. The van der Waals surface area contributed by atoms with Gasteiger partial charge in [-0.2, -0.15) is 0 Å². The fourth-order valence-electron chi connectivity index (χ4n) is 1.78. The van der Waals surface area contributed by atoms with Gasteiger partial charge in [0.05, 0.1) is 6.54 Å². The molecule has 0 saturated heterocycles. The smallest absolute Gasteiger partial charge is 0.343 e. The summed E-state index contributed by atoms with van der Waals surface area (Å²) >= 11 is 1.53. The van der Waals surface area contributed by atoms with E-state index in [9.17, 15) is 10.1 Å². The van der Waals surface area contributed by atoms with Crippen LogP contribution in [0.1, 0.15) is 36.6 Å². The molecule has 0 fully saturated rings. The van der Waals surface area contributed by atoms with Crippen molar-refractivity contribution in [1.29, 1.82) is 0 Å². The Morgan fingerprint density at radius 3 is 2.80 bits per heavy atom. The topological polar surface area (TPSA) is 86.7 Å². The number of imidazole rings is 1. The lowest BCUT2D eigenvalue weighted by molar-refractivity contribution is -0.392. The number of rotatable bonds is 5. The molecule has 0 bridgehead atoms. The Labute approximate surface area is 120 Å². The molecule has 20 heavy (non-hydrogen) atoms. The van der Waals surface area contributed by atoms with E-state index >= 15 is 0 Å². The van der Waals surface area contributed by atoms with Crippen LogP contribution in [0.5, 0.6) is 0 Å². The van der Waals surface area contributed by atoms with Crippen LogP contribution >= 0.6 is 11.3 Å². The quantitative estimate of drug-likeness (QED) is 0.625. The van der Waals surface area contributed by atoms with Crippen LogP contribution in [0.2, 0.25) is 0 Å². The molecule has 0 N–H and O–H groups in total. The lowest BCUT2D eigenvalue weighted by Crippen LogP contribution is -2.02. The largest absolute Gasteiger partial charge is 0.358 e. The van der Waals surface area contributed by atoms with Crippen molar-refractivity contribution in [3.63, 3.8) is 0 Å². The number of allylic oxidation sites excluding steroid dienone is 1. The van der Waals surface area contributed by atoms with Gasteiger partial charge in [0.25, 0.3) is 0 Å². The summed E-state index contributed by atoms with van der Waals surface area (Å²) in [5, 5.41) is 20.9. The third-order valence-corrected chi connectivity index (χ3v) is 4.02. The molecule has 2 rings (SSSR count). The Hall–Kier alpha value is -2.09. The van der Waals surface area contributed by atoms with Crippen LogP contribution in [0.4, 0.5) is 5.82 Å². The van der Waals surface area contributed by atoms with Crippen molar-refractivity contribution in [2.24, 2.45) is 0 Å². The summed E-state index contributed by atoms with van der Waals surface area (Å²) in [6.45, 7) is 6.27. The first-order chi connectivity index (χ1) is 9.56. The van der Waals surface area contributed by atoms with E-state index in [1.165, 1.54) is 17.5 Å². The summed E-state index contributed by atoms with van der Waals surface area (Å²) in [4.78, 5) is 14.6. The lowest BCUT2D eigenvalue weighted by atomic mass is 10.3. The summed E-state index contributed by atoms with van der Waals surface area (Å²) < 4.78 is 1.56. The van der Waals surface area contributed by atoms with Gasteiger partial charge in [0.1, 0.15) is 16.2 Å². The van der Waals surface area contributed by atoms with Crippen molar-refractivity contribution >= 4 is 28.8 Å². The van der Waals surface area contributed by atoms with Crippen molar-refractivity contribution in [3.05, 3.63) is 32.2 Å². The van der Waals surface area contributed by atoms with Crippen molar-refractivity contribution in [1.82, 2.24) is 19.7 Å². The standard InChI is InChI=1S/C12H15N5O2S/c1-4-10-14-15-12(20-10)8(3)6-9-13-7-11(17(18)19)16(9)5-2/h6-7H,4-5H2,1-3H3. The maximum absolute atomic E-state index is 10.9. The summed E-state index contributed by atoms with van der Waals surface area (Å²) in [6.07, 6.45) is 3.93. The van der Waals surface area contributed by atoms with E-state index in [2.05, 4.69) is 15.2 Å². The molecule has 2 heterocycles. The van der Waals surface area contributed by atoms with Crippen LogP contribution in [-0.4, -0.2) is 24.7 Å². The van der Waals surface area contributed by atoms with Crippen molar-refractivity contribution in [2.75, 3.05) is 0 Å². The highest BCUT2D eigenvalue weighted by molar-refractivity contribution is 7.12. The first-order valence-corrected chi connectivity index (χ1v) is 7.09. The van der Waals surface area contributed by atoms with Crippen LogP contribution in [0, 0.1) is 10.1 Å². The van der Waals surface area contributed by atoms with Gasteiger partial charge in [-0.25, -0.2) is 9.55 Å². The third kappa shape index (κ3) is 2.74. The van der Waals surface area contributed by atoms with Crippen LogP contribution < -0.4 is 0 Å². The number of nitro groups is 1. The number of nitrogens with zero attached hydrogens (tertiary/aromatic N) is 5. The highest BCUT2D eigenvalue weighted by Crippen LogP contribution is 2.23. The minimum absolute atomic E-state index is 0.00180. The van der Waals surface area contributed by atoms with Crippen LogP contribution in [0.25, 0.3) is 11.6 Å². The highest BCUT2D eigenvalue weighted by Gasteiger charge is 2.17. The zero-order chi connectivity index (χ0) is 14.7. The van der Waals surface area contributed by atoms with Crippen LogP contribution in [-0.2, 0) is 13.0 Å². The molecule has 0 radical (unpaired) electrons. The number of aryl methyl sites for hydroxylation is 1. The summed E-state index contributed by atoms with van der Waals surface area (Å²) in [7, 11) is 0. The third-order valence-electron chi connectivity index (χ3n) is 2.82. The second-order valence-corrected chi connectivity index (χ2v) is 5.22. The molecule has 0 aromatic carbocycles. The molecule has 0 aliphatic rings. The molecule has 2 aromatic heterocycles. The predicted molar refractivity (Wildman–Crippen MR) is 77.4 cm³/mol. The fraction of sp³-hybridized carbons (Fsp3) is 0.417. The molecule has 106 valence electrons. The molecule has 0 saturated carbocycles. The molecule has 2 aromatic rings. The van der Waals surface area contributed by atoms with Crippen molar-refractivity contribution < 1.29 is 4.92 Å². The molecular formula is C12H15N5O2S. The monoisotopic (exact) mass is 293 g/mol. The predicted octanol–water partition coefficient (Wildman–Crippen LogP) is 2.79. The van der Waals surface area contributed by atoms with E-state index in [-0.39, 0.29) is 5.82 Å². The number of hydrogen-bond donors (Lipinski definition) is 0. The van der Waals surface area contributed by atoms with Crippen molar-refractivity contribution in [3.8, 4) is 0 Å². The van der Waals surface area contributed by atoms with E-state index in [0.717, 1.165) is 22.0 Å². The van der Waals surface area contributed by atoms with Gasteiger partial charge in [-0.3, -0.25) is 0 Å². The van der Waals surface area contributed by atoms with E-state index in [4.69, 9.17) is 0 Å². The summed E-state index contributed by atoms with van der Waals surface area (Å²) in [5.41, 5.74) is 0.900. The molecule has 0 aliphatic heterocycles. The molecule has 0 atom stereocenters. The Bertz CT molecular complexity index is 659. The lowest BCUT2D eigenvalue weighted by Gasteiger charge is -1.99. The summed E-state index contributed by atoms with van der Waals surface area (Å²) in [5.74, 6) is 0.558. The van der Waals surface area contributed by atoms with E-state index in [0.29, 0.717) is 12.4 Å². The van der Waals surface area contributed by atoms with Gasteiger partial charge in [0.2, 0.25) is 5.82 Å². The average Bonchev–Trinajstić information content (AvgIpc) is 3.04. The van der Waals surface area contributed by atoms with Gasteiger partial charge in [-0.05, 0) is 30.8 Å². The molecule has 0 unspecified atom stereocenters. The van der Waals surface area contributed by atoms with E-state index in [1.807, 2.05) is 20.8 Å². The Kier molecular flexibility index (Phi) is 4.23. The normalized spacial score (nSPS) is 11.8. The zero-order valence-electron chi connectivity index (χ0n) is 11.5. The molecular weight excluding hydrogens is 278 g/mol. The minimum Gasteiger partial charge on any atom is -0.358 e.